The summed E-state index contributed by atoms with van der Waals surface area (Å²) in [6.45, 7) is 6.68. The summed E-state index contributed by atoms with van der Waals surface area (Å²) in [6, 6.07) is 0. The summed E-state index contributed by atoms with van der Waals surface area (Å²) in [7, 11) is 0. The molecule has 82 heavy (non-hydrogen) atoms. The zero-order valence-corrected chi connectivity index (χ0v) is 55.0. The first-order chi connectivity index (χ1) is 40.5. The van der Waals surface area contributed by atoms with E-state index in [2.05, 4.69) is 81.5 Å². The summed E-state index contributed by atoms with van der Waals surface area (Å²) in [5, 5.41) is 0. The van der Waals surface area contributed by atoms with Crippen LogP contribution in [0.2, 0.25) is 0 Å². The number of hydrogen-bond donors (Lipinski definition) is 0. The van der Waals surface area contributed by atoms with Crippen LogP contribution in [0, 0.1) is 0 Å². The van der Waals surface area contributed by atoms with Crippen molar-refractivity contribution in [2.24, 2.45) is 0 Å². The van der Waals surface area contributed by atoms with E-state index in [0.717, 1.165) is 77.0 Å². The Morgan fingerprint density at radius 1 is 0.244 bits per heavy atom. The van der Waals surface area contributed by atoms with Gasteiger partial charge in [-0.25, -0.2) is 0 Å². The molecule has 478 valence electrons. The number of allylic oxidation sites excluding steroid dienone is 10. The number of ether oxygens (including phenoxy) is 3. The maximum atomic E-state index is 13.0. The van der Waals surface area contributed by atoms with Gasteiger partial charge in [-0.3, -0.25) is 14.4 Å². The van der Waals surface area contributed by atoms with Gasteiger partial charge in [-0.1, -0.05) is 319 Å². The Kier molecular flexibility index (Phi) is 68.1. The third-order valence-corrected chi connectivity index (χ3v) is 16.2. The van der Waals surface area contributed by atoms with Gasteiger partial charge in [0, 0.05) is 19.3 Å². The van der Waals surface area contributed by atoms with Crippen molar-refractivity contribution in [2.45, 2.75) is 393 Å². The van der Waals surface area contributed by atoms with Crippen molar-refractivity contribution >= 4 is 17.9 Å². The molecular weight excluding hydrogens is 1010 g/mol. The number of rotatable bonds is 67. The van der Waals surface area contributed by atoms with Gasteiger partial charge in [-0.05, 0) is 109 Å². The Morgan fingerprint density at radius 3 is 0.695 bits per heavy atom. The third-order valence-electron chi connectivity index (χ3n) is 16.2. The number of hydrogen-bond acceptors (Lipinski definition) is 6. The molecule has 0 saturated heterocycles. The zero-order chi connectivity index (χ0) is 59.2. The van der Waals surface area contributed by atoms with Gasteiger partial charge in [0.15, 0.2) is 6.10 Å². The van der Waals surface area contributed by atoms with Gasteiger partial charge >= 0.3 is 17.9 Å². The van der Waals surface area contributed by atoms with Gasteiger partial charge in [-0.15, -0.1) is 0 Å². The minimum Gasteiger partial charge on any atom is -0.462 e. The maximum absolute atomic E-state index is 13.0. The summed E-state index contributed by atoms with van der Waals surface area (Å²) in [4.78, 5) is 38.5. The average Bonchev–Trinajstić information content (AvgIpc) is 3.47. The fraction of sp³-hybridized carbons (Fsp3) is 0.829. The van der Waals surface area contributed by atoms with Gasteiger partial charge in [-0.2, -0.15) is 0 Å². The molecule has 0 radical (unpaired) electrons. The molecule has 6 heteroatoms. The Labute approximate surface area is 510 Å². The largest absolute Gasteiger partial charge is 0.462 e. The van der Waals surface area contributed by atoms with Crippen molar-refractivity contribution in [1.82, 2.24) is 0 Å². The van der Waals surface area contributed by atoms with Crippen LogP contribution in [0.15, 0.2) is 60.8 Å². The normalized spacial score (nSPS) is 12.4. The molecule has 1 atom stereocenters. The van der Waals surface area contributed by atoms with E-state index < -0.39 is 6.10 Å². The van der Waals surface area contributed by atoms with Crippen LogP contribution in [0.25, 0.3) is 0 Å². The minimum atomic E-state index is -0.781. The first kappa shape index (κ1) is 79.1. The van der Waals surface area contributed by atoms with E-state index in [0.29, 0.717) is 19.3 Å². The Balaban J connectivity index is 4.33. The number of carbonyl (C=O) groups excluding carboxylic acids is 3. The molecule has 0 aromatic rings. The van der Waals surface area contributed by atoms with E-state index in [1.165, 1.54) is 270 Å². The lowest BCUT2D eigenvalue weighted by Crippen LogP contribution is -2.30. The first-order valence-electron chi connectivity index (χ1n) is 36.3. The van der Waals surface area contributed by atoms with Crippen LogP contribution < -0.4 is 0 Å². The molecule has 0 saturated carbocycles. The molecule has 0 aliphatic carbocycles. The second-order valence-electron chi connectivity index (χ2n) is 24.5. The van der Waals surface area contributed by atoms with Crippen molar-refractivity contribution in [3.8, 4) is 0 Å². The van der Waals surface area contributed by atoms with Gasteiger partial charge in [0.1, 0.15) is 13.2 Å². The molecule has 0 aliphatic heterocycles. The lowest BCUT2D eigenvalue weighted by molar-refractivity contribution is -0.167. The van der Waals surface area contributed by atoms with Crippen LogP contribution in [-0.4, -0.2) is 37.2 Å². The SMILES string of the molecule is CCCCCCC/C=C\C/C=C\C/C=C\CCCCCCCCCCCCC(=O)OCC(COC(=O)CCCCCCC/C=C\CCCCCCCCC)OC(=O)CCCCCCCCCCCCC/C=C\CCCCCCCCCC. The van der Waals surface area contributed by atoms with E-state index in [9.17, 15) is 14.4 Å². The van der Waals surface area contributed by atoms with Crippen molar-refractivity contribution in [1.29, 1.82) is 0 Å². The monoisotopic (exact) mass is 1150 g/mol. The van der Waals surface area contributed by atoms with Crippen LogP contribution in [0.4, 0.5) is 0 Å². The Hall–Kier alpha value is -2.89. The molecule has 0 aromatic carbocycles. The molecule has 0 bridgehead atoms. The summed E-state index contributed by atoms with van der Waals surface area (Å²) in [5.41, 5.74) is 0. The van der Waals surface area contributed by atoms with E-state index in [-0.39, 0.29) is 31.1 Å². The topological polar surface area (TPSA) is 78.9 Å². The lowest BCUT2D eigenvalue weighted by Gasteiger charge is -2.18. The molecule has 0 rings (SSSR count). The Morgan fingerprint density at radius 2 is 0.439 bits per heavy atom. The third kappa shape index (κ3) is 67.9. The molecule has 0 spiro atoms. The van der Waals surface area contributed by atoms with Crippen molar-refractivity contribution < 1.29 is 28.6 Å². The molecule has 0 heterocycles. The van der Waals surface area contributed by atoms with Crippen LogP contribution in [0.1, 0.15) is 387 Å². The first-order valence-corrected chi connectivity index (χ1v) is 36.3. The summed E-state index contributed by atoms with van der Waals surface area (Å²) < 4.78 is 17.0. The van der Waals surface area contributed by atoms with Gasteiger partial charge in [0.25, 0.3) is 0 Å². The highest BCUT2D eigenvalue weighted by atomic mass is 16.6. The molecule has 0 aromatic heterocycles. The quantitative estimate of drug-likeness (QED) is 0.0261. The lowest BCUT2D eigenvalue weighted by atomic mass is 10.0. The average molecular weight is 1150 g/mol. The highest BCUT2D eigenvalue weighted by Crippen LogP contribution is 2.18. The van der Waals surface area contributed by atoms with E-state index in [1.807, 2.05) is 0 Å². The molecule has 0 aliphatic rings. The number of unbranched alkanes of at least 4 members (excludes halogenated alkanes) is 46. The predicted molar refractivity (Wildman–Crippen MR) is 358 cm³/mol. The van der Waals surface area contributed by atoms with E-state index in [4.69, 9.17) is 14.2 Å². The van der Waals surface area contributed by atoms with Crippen LogP contribution in [-0.2, 0) is 28.6 Å². The van der Waals surface area contributed by atoms with E-state index >= 15 is 0 Å². The maximum Gasteiger partial charge on any atom is 0.306 e. The Bertz CT molecular complexity index is 1460. The predicted octanol–water partition coefficient (Wildman–Crippen LogP) is 25.1. The summed E-state index contributed by atoms with van der Waals surface area (Å²) in [6.07, 6.45) is 91.0. The summed E-state index contributed by atoms with van der Waals surface area (Å²) in [5.74, 6) is -0.865. The zero-order valence-electron chi connectivity index (χ0n) is 55.0. The smallest absolute Gasteiger partial charge is 0.306 e. The van der Waals surface area contributed by atoms with Gasteiger partial charge < -0.3 is 14.2 Å². The van der Waals surface area contributed by atoms with Crippen molar-refractivity contribution in [2.75, 3.05) is 13.2 Å². The van der Waals surface area contributed by atoms with Crippen LogP contribution in [0.5, 0.6) is 0 Å². The number of esters is 3. The van der Waals surface area contributed by atoms with Gasteiger partial charge in [0.05, 0.1) is 0 Å². The molecule has 0 fully saturated rings. The molecule has 0 N–H and O–H groups in total. The molecule has 6 nitrogen and oxygen atoms in total. The number of carbonyl (C=O) groups is 3. The molecule has 0 amide bonds. The van der Waals surface area contributed by atoms with Gasteiger partial charge in [0.2, 0.25) is 0 Å². The fourth-order valence-corrected chi connectivity index (χ4v) is 10.7. The second-order valence-corrected chi connectivity index (χ2v) is 24.5. The summed E-state index contributed by atoms with van der Waals surface area (Å²) >= 11 is 0. The standard InChI is InChI=1S/C76H138O6/c1-4-7-10-13-16-19-22-25-28-31-33-35-37-38-40-41-43-45-48-51-54-57-60-63-66-69-75(78)81-72-73(71-80-74(77)68-65-62-59-56-53-50-47-30-27-24-21-18-15-12-9-6-3)82-76(79)70-67-64-61-58-55-52-49-46-44-42-39-36-34-32-29-26-23-20-17-14-11-8-5-2/h22,25,30-34,37-38,47,73H,4-21,23-24,26-29,35-36,39-46,48-72H2,1-3H3/b25-22-,33-31-,34-32-,38-37-,47-30-. The second kappa shape index (κ2) is 70.6. The molecule has 1 unspecified atom stereocenters. The minimum absolute atomic E-state index is 0.0765. The van der Waals surface area contributed by atoms with E-state index in [1.54, 1.807) is 0 Å². The highest BCUT2D eigenvalue weighted by molar-refractivity contribution is 5.71. The molecular formula is C76H138O6. The van der Waals surface area contributed by atoms with Crippen LogP contribution >= 0.6 is 0 Å². The van der Waals surface area contributed by atoms with Crippen molar-refractivity contribution in [3.05, 3.63) is 60.8 Å². The fourth-order valence-electron chi connectivity index (χ4n) is 10.7. The van der Waals surface area contributed by atoms with Crippen molar-refractivity contribution in [3.63, 3.8) is 0 Å². The van der Waals surface area contributed by atoms with Crippen LogP contribution in [0.3, 0.4) is 0 Å². The highest BCUT2D eigenvalue weighted by Gasteiger charge is 2.19.